The predicted molar refractivity (Wildman–Crippen MR) is 93.2 cm³/mol. The Morgan fingerprint density at radius 2 is 1.91 bits per heavy atom. The van der Waals surface area contributed by atoms with Gasteiger partial charge in [0.1, 0.15) is 0 Å². The molecule has 0 aliphatic carbocycles. The van der Waals surface area contributed by atoms with E-state index in [0.29, 0.717) is 18.9 Å². The number of carbonyl (C=O) groups excluding carboxylic acids is 1. The molecular weight excluding hydrogens is 292 g/mol. The lowest BCUT2D eigenvalue weighted by Gasteiger charge is -2.25. The van der Waals surface area contributed by atoms with Crippen molar-refractivity contribution in [2.75, 3.05) is 40.9 Å². The molecule has 1 amide bonds. The topological polar surface area (TPSA) is 50.8 Å². The molecule has 1 aromatic carbocycles. The highest BCUT2D eigenvalue weighted by Gasteiger charge is 2.15. The number of methoxy groups -OCH3 is 2. The van der Waals surface area contributed by atoms with Crippen molar-refractivity contribution in [3.8, 4) is 11.5 Å². The molecule has 0 aliphatic heterocycles. The van der Waals surface area contributed by atoms with Crippen molar-refractivity contribution < 1.29 is 14.3 Å². The maximum Gasteiger partial charge on any atom is 0.223 e. The van der Waals surface area contributed by atoms with Crippen LogP contribution in [0.15, 0.2) is 18.2 Å². The first kappa shape index (κ1) is 19.3. The first-order valence-corrected chi connectivity index (χ1v) is 8.15. The summed E-state index contributed by atoms with van der Waals surface area (Å²) in [6, 6.07) is 5.90. The number of nitrogens with zero attached hydrogens (tertiary/aromatic N) is 1. The van der Waals surface area contributed by atoms with Crippen molar-refractivity contribution in [1.82, 2.24) is 10.2 Å². The summed E-state index contributed by atoms with van der Waals surface area (Å²) in [6.07, 6.45) is 1.34. The van der Waals surface area contributed by atoms with Gasteiger partial charge in [-0.05, 0) is 37.1 Å². The van der Waals surface area contributed by atoms with E-state index in [2.05, 4.69) is 19.2 Å². The van der Waals surface area contributed by atoms with Crippen molar-refractivity contribution in [2.24, 2.45) is 5.92 Å². The van der Waals surface area contributed by atoms with Gasteiger partial charge in [-0.3, -0.25) is 4.79 Å². The number of benzene rings is 1. The number of hydrogen-bond acceptors (Lipinski definition) is 4. The van der Waals surface area contributed by atoms with Gasteiger partial charge < -0.3 is 19.7 Å². The molecule has 0 spiro atoms. The zero-order valence-corrected chi connectivity index (χ0v) is 15.0. The number of rotatable bonds is 10. The summed E-state index contributed by atoms with van der Waals surface area (Å²) in [5.41, 5.74) is 1.14. The largest absolute Gasteiger partial charge is 0.493 e. The van der Waals surface area contributed by atoms with Gasteiger partial charge in [-0.25, -0.2) is 0 Å². The quantitative estimate of drug-likeness (QED) is 0.718. The molecule has 1 N–H and O–H groups in total. The van der Waals surface area contributed by atoms with Crippen LogP contribution in [-0.4, -0.2) is 51.7 Å². The second-order valence-electron chi connectivity index (χ2n) is 6.03. The Hall–Kier alpha value is -1.75. The first-order valence-electron chi connectivity index (χ1n) is 8.15. The third-order valence-corrected chi connectivity index (χ3v) is 3.65. The fraction of sp³-hybridized carbons (Fsp3) is 0.611. The molecule has 5 nitrogen and oxygen atoms in total. The molecule has 0 aliphatic rings. The summed E-state index contributed by atoms with van der Waals surface area (Å²) >= 11 is 0. The van der Waals surface area contributed by atoms with Crippen molar-refractivity contribution in [1.29, 1.82) is 0 Å². The van der Waals surface area contributed by atoms with Gasteiger partial charge in [0.15, 0.2) is 11.5 Å². The first-order chi connectivity index (χ1) is 11.0. The monoisotopic (exact) mass is 322 g/mol. The van der Waals surface area contributed by atoms with Crippen LogP contribution in [0.1, 0.15) is 25.8 Å². The Balaban J connectivity index is 2.71. The minimum atomic E-state index is 0.202. The number of hydrogen-bond donors (Lipinski definition) is 1. The molecule has 0 atom stereocenters. The second-order valence-corrected chi connectivity index (χ2v) is 6.03. The molecule has 0 saturated heterocycles. The Bertz CT molecular complexity index is 489. The summed E-state index contributed by atoms with van der Waals surface area (Å²) in [6.45, 7) is 6.49. The highest BCUT2D eigenvalue weighted by Crippen LogP contribution is 2.27. The Morgan fingerprint density at radius 1 is 1.22 bits per heavy atom. The summed E-state index contributed by atoms with van der Waals surface area (Å²) in [4.78, 5) is 14.3. The van der Waals surface area contributed by atoms with Crippen LogP contribution >= 0.6 is 0 Å². The molecule has 0 aromatic heterocycles. The maximum absolute atomic E-state index is 12.3. The lowest BCUT2D eigenvalue weighted by molar-refractivity contribution is -0.131. The van der Waals surface area contributed by atoms with E-state index in [4.69, 9.17) is 9.47 Å². The molecule has 1 aromatic rings. The van der Waals surface area contributed by atoms with Gasteiger partial charge >= 0.3 is 0 Å². The number of carbonyl (C=O) groups is 1. The van der Waals surface area contributed by atoms with E-state index < -0.39 is 0 Å². The molecular formula is C18H30N2O3. The van der Waals surface area contributed by atoms with Gasteiger partial charge in [-0.1, -0.05) is 19.9 Å². The minimum absolute atomic E-state index is 0.202. The molecule has 130 valence electrons. The van der Waals surface area contributed by atoms with Crippen molar-refractivity contribution in [3.63, 3.8) is 0 Å². The van der Waals surface area contributed by atoms with Gasteiger partial charge in [0, 0.05) is 26.1 Å². The van der Waals surface area contributed by atoms with Gasteiger partial charge in [0.2, 0.25) is 5.91 Å². The van der Waals surface area contributed by atoms with Crippen molar-refractivity contribution >= 4 is 5.91 Å². The highest BCUT2D eigenvalue weighted by molar-refractivity contribution is 5.76. The van der Waals surface area contributed by atoms with Crippen molar-refractivity contribution in [2.45, 2.75) is 26.7 Å². The lowest BCUT2D eigenvalue weighted by Crippen LogP contribution is -2.37. The number of ether oxygens (including phenoxy) is 2. The van der Waals surface area contributed by atoms with E-state index in [-0.39, 0.29) is 5.91 Å². The van der Waals surface area contributed by atoms with Crippen LogP contribution in [0.3, 0.4) is 0 Å². The molecule has 0 bridgehead atoms. The van der Waals surface area contributed by atoms with Crippen LogP contribution in [0, 0.1) is 5.92 Å². The SMILES string of the molecule is CNCCC(=O)N(CCc1ccc(OC)c(OC)c1)CC(C)C. The Kier molecular flexibility index (Phi) is 8.48. The minimum Gasteiger partial charge on any atom is -0.493 e. The average Bonchev–Trinajstić information content (AvgIpc) is 2.55. The summed E-state index contributed by atoms with van der Waals surface area (Å²) < 4.78 is 10.6. The Labute approximate surface area is 140 Å². The lowest BCUT2D eigenvalue weighted by atomic mass is 10.1. The van der Waals surface area contributed by atoms with E-state index in [1.54, 1.807) is 14.2 Å². The van der Waals surface area contributed by atoms with Crippen LogP contribution < -0.4 is 14.8 Å². The fourth-order valence-corrected chi connectivity index (χ4v) is 2.45. The molecule has 0 heterocycles. The molecule has 5 heteroatoms. The molecule has 1 rings (SSSR count). The van der Waals surface area contributed by atoms with E-state index in [9.17, 15) is 4.79 Å². The third-order valence-electron chi connectivity index (χ3n) is 3.65. The van der Waals surface area contributed by atoms with Crippen LogP contribution in [0.4, 0.5) is 0 Å². The number of amides is 1. The molecule has 0 radical (unpaired) electrons. The standard InChI is InChI=1S/C18H30N2O3/c1-14(2)13-20(18(21)8-10-19-3)11-9-15-6-7-16(22-4)17(12-15)23-5/h6-7,12,14,19H,8-11,13H2,1-5H3. The Morgan fingerprint density at radius 3 is 2.48 bits per heavy atom. The zero-order valence-electron chi connectivity index (χ0n) is 15.0. The summed E-state index contributed by atoms with van der Waals surface area (Å²) in [5, 5.41) is 3.03. The van der Waals surface area contributed by atoms with E-state index >= 15 is 0 Å². The highest BCUT2D eigenvalue weighted by atomic mass is 16.5. The second kappa shape index (κ2) is 10.1. The van der Waals surface area contributed by atoms with Gasteiger partial charge in [-0.2, -0.15) is 0 Å². The van der Waals surface area contributed by atoms with Crippen molar-refractivity contribution in [3.05, 3.63) is 23.8 Å². The normalized spacial score (nSPS) is 10.7. The van der Waals surface area contributed by atoms with Crippen LogP contribution in [0.25, 0.3) is 0 Å². The maximum atomic E-state index is 12.3. The van der Waals surface area contributed by atoms with E-state index in [0.717, 1.165) is 36.6 Å². The van der Waals surface area contributed by atoms with Crippen LogP contribution in [-0.2, 0) is 11.2 Å². The average molecular weight is 322 g/mol. The smallest absolute Gasteiger partial charge is 0.223 e. The number of nitrogens with one attached hydrogen (secondary N) is 1. The molecule has 0 unspecified atom stereocenters. The van der Waals surface area contributed by atoms with E-state index in [1.807, 2.05) is 30.1 Å². The summed E-state index contributed by atoms with van der Waals surface area (Å²) in [5.74, 6) is 2.11. The zero-order chi connectivity index (χ0) is 17.2. The third kappa shape index (κ3) is 6.48. The van der Waals surface area contributed by atoms with Gasteiger partial charge in [-0.15, -0.1) is 0 Å². The fourth-order valence-electron chi connectivity index (χ4n) is 2.45. The molecule has 0 fully saturated rings. The predicted octanol–water partition coefficient (Wildman–Crippen LogP) is 2.34. The van der Waals surface area contributed by atoms with Crippen LogP contribution in [0.2, 0.25) is 0 Å². The molecule has 0 saturated carbocycles. The molecule has 23 heavy (non-hydrogen) atoms. The van der Waals surface area contributed by atoms with Gasteiger partial charge in [0.05, 0.1) is 14.2 Å². The summed E-state index contributed by atoms with van der Waals surface area (Å²) in [7, 11) is 5.13. The van der Waals surface area contributed by atoms with E-state index in [1.165, 1.54) is 0 Å². The van der Waals surface area contributed by atoms with Crippen LogP contribution in [0.5, 0.6) is 11.5 Å². The van der Waals surface area contributed by atoms with Gasteiger partial charge in [0.25, 0.3) is 0 Å².